The second-order valence-electron chi connectivity index (χ2n) is 3.51. The lowest BCUT2D eigenvalue weighted by Gasteiger charge is -2.14. The van der Waals surface area contributed by atoms with Crippen molar-refractivity contribution in [2.75, 3.05) is 20.8 Å². The van der Waals surface area contributed by atoms with Crippen molar-refractivity contribution >= 4 is 12.0 Å². The summed E-state index contributed by atoms with van der Waals surface area (Å²) >= 11 is 0. The van der Waals surface area contributed by atoms with Gasteiger partial charge in [0.1, 0.15) is 5.76 Å². The second kappa shape index (κ2) is 7.68. The molecule has 1 aromatic rings. The fraction of sp³-hybridized carbons (Fsp3) is 0.462. The summed E-state index contributed by atoms with van der Waals surface area (Å²) in [7, 11) is 3.04. The van der Waals surface area contributed by atoms with Gasteiger partial charge in [0.15, 0.2) is 6.29 Å². The monoisotopic (exact) mass is 254 g/mol. The molecule has 1 aromatic heterocycles. The summed E-state index contributed by atoms with van der Waals surface area (Å²) in [6, 6.07) is 3.51. The summed E-state index contributed by atoms with van der Waals surface area (Å²) in [5.41, 5.74) is 0.445. The van der Waals surface area contributed by atoms with E-state index in [1.807, 2.05) is 0 Å². The van der Waals surface area contributed by atoms with Gasteiger partial charge in [0.05, 0.1) is 12.9 Å². The van der Waals surface area contributed by atoms with Crippen LogP contribution in [0.4, 0.5) is 0 Å². The maximum absolute atomic E-state index is 11.8. The third kappa shape index (κ3) is 4.35. The molecule has 0 radical (unpaired) electrons. The van der Waals surface area contributed by atoms with Gasteiger partial charge in [-0.1, -0.05) is 0 Å². The lowest BCUT2D eigenvalue weighted by Crippen LogP contribution is -2.18. The molecule has 0 amide bonds. The maximum Gasteiger partial charge on any atom is 0.334 e. The van der Waals surface area contributed by atoms with E-state index in [9.17, 15) is 4.79 Å². The zero-order chi connectivity index (χ0) is 13.4. The van der Waals surface area contributed by atoms with Crippen molar-refractivity contribution in [1.82, 2.24) is 0 Å². The number of ether oxygens (including phenoxy) is 3. The van der Waals surface area contributed by atoms with Crippen molar-refractivity contribution in [1.29, 1.82) is 0 Å². The third-order valence-electron chi connectivity index (χ3n) is 2.31. The summed E-state index contributed by atoms with van der Waals surface area (Å²) in [6.07, 6.45) is 2.98. The smallest absolute Gasteiger partial charge is 0.334 e. The highest BCUT2D eigenvalue weighted by atomic mass is 16.7. The standard InChI is InChI=1S/C13H18O5/c1-4-17-13(14)10(9-12(15-2)16-3)8-11-6-5-7-18-11/h5-8,12H,4,9H2,1-3H3. The predicted molar refractivity (Wildman–Crippen MR) is 65.7 cm³/mol. The van der Waals surface area contributed by atoms with Gasteiger partial charge < -0.3 is 18.6 Å². The molecule has 5 nitrogen and oxygen atoms in total. The number of hydrogen-bond donors (Lipinski definition) is 0. The molecule has 0 saturated heterocycles. The van der Waals surface area contributed by atoms with Crippen LogP contribution in [0.5, 0.6) is 0 Å². The molecule has 0 aromatic carbocycles. The topological polar surface area (TPSA) is 57.9 Å². The molecule has 1 rings (SSSR count). The number of hydrogen-bond acceptors (Lipinski definition) is 5. The quantitative estimate of drug-likeness (QED) is 0.424. The van der Waals surface area contributed by atoms with Crippen LogP contribution in [0.2, 0.25) is 0 Å². The average Bonchev–Trinajstić information content (AvgIpc) is 2.87. The summed E-state index contributed by atoms with van der Waals surface area (Å²) in [6.45, 7) is 2.07. The Hall–Kier alpha value is -1.59. The van der Waals surface area contributed by atoms with Gasteiger partial charge in [-0.15, -0.1) is 0 Å². The van der Waals surface area contributed by atoms with Crippen LogP contribution in [0.15, 0.2) is 28.4 Å². The molecule has 0 saturated carbocycles. The molecule has 0 spiro atoms. The van der Waals surface area contributed by atoms with Crippen LogP contribution in [-0.4, -0.2) is 33.1 Å². The summed E-state index contributed by atoms with van der Waals surface area (Å²) in [4.78, 5) is 11.8. The number of methoxy groups -OCH3 is 2. The first kappa shape index (κ1) is 14.5. The Morgan fingerprint density at radius 2 is 2.17 bits per heavy atom. The minimum absolute atomic E-state index is 0.298. The van der Waals surface area contributed by atoms with E-state index < -0.39 is 12.3 Å². The molecule has 5 heteroatoms. The van der Waals surface area contributed by atoms with Gasteiger partial charge >= 0.3 is 5.97 Å². The summed E-state index contributed by atoms with van der Waals surface area (Å²) in [5.74, 6) is 0.192. The Balaban J connectivity index is 2.84. The molecule has 0 unspecified atom stereocenters. The zero-order valence-corrected chi connectivity index (χ0v) is 10.8. The Morgan fingerprint density at radius 3 is 2.67 bits per heavy atom. The molecule has 0 aliphatic heterocycles. The van der Waals surface area contributed by atoms with Gasteiger partial charge in [0, 0.05) is 26.2 Å². The number of rotatable bonds is 7. The minimum Gasteiger partial charge on any atom is -0.465 e. The van der Waals surface area contributed by atoms with Gasteiger partial charge in [-0.2, -0.15) is 0 Å². The van der Waals surface area contributed by atoms with Gasteiger partial charge in [0.25, 0.3) is 0 Å². The largest absolute Gasteiger partial charge is 0.465 e. The van der Waals surface area contributed by atoms with Crippen LogP contribution in [-0.2, 0) is 19.0 Å². The molecular weight excluding hydrogens is 236 g/mol. The van der Waals surface area contributed by atoms with Crippen LogP contribution in [0.3, 0.4) is 0 Å². The van der Waals surface area contributed by atoms with E-state index in [4.69, 9.17) is 18.6 Å². The van der Waals surface area contributed by atoms with Gasteiger partial charge in [-0.05, 0) is 25.1 Å². The van der Waals surface area contributed by atoms with E-state index in [-0.39, 0.29) is 0 Å². The number of furan rings is 1. The molecule has 18 heavy (non-hydrogen) atoms. The highest BCUT2D eigenvalue weighted by molar-refractivity contribution is 5.93. The van der Waals surface area contributed by atoms with Gasteiger partial charge in [-0.3, -0.25) is 0 Å². The lowest BCUT2D eigenvalue weighted by molar-refractivity contribution is -0.141. The molecule has 0 aliphatic carbocycles. The molecule has 1 heterocycles. The van der Waals surface area contributed by atoms with E-state index in [2.05, 4.69) is 0 Å². The first-order valence-corrected chi connectivity index (χ1v) is 5.68. The van der Waals surface area contributed by atoms with Crippen molar-refractivity contribution in [3.05, 3.63) is 29.7 Å². The van der Waals surface area contributed by atoms with Crippen LogP contribution in [0.1, 0.15) is 19.1 Å². The number of carbonyl (C=O) groups is 1. The Labute approximate surface area is 106 Å². The summed E-state index contributed by atoms with van der Waals surface area (Å²) < 4.78 is 20.3. The molecular formula is C13H18O5. The Bertz CT molecular complexity index is 376. The van der Waals surface area contributed by atoms with Crippen molar-refractivity contribution in [2.24, 2.45) is 0 Å². The van der Waals surface area contributed by atoms with Crippen molar-refractivity contribution in [3.63, 3.8) is 0 Å². The normalized spacial score (nSPS) is 11.9. The lowest BCUT2D eigenvalue weighted by atomic mass is 10.1. The van der Waals surface area contributed by atoms with Crippen LogP contribution in [0.25, 0.3) is 6.08 Å². The van der Waals surface area contributed by atoms with E-state index >= 15 is 0 Å². The number of carbonyl (C=O) groups excluding carboxylic acids is 1. The fourth-order valence-electron chi connectivity index (χ4n) is 1.41. The predicted octanol–water partition coefficient (Wildman–Crippen LogP) is 2.24. The number of esters is 1. The van der Waals surface area contributed by atoms with E-state index in [0.29, 0.717) is 24.4 Å². The van der Waals surface area contributed by atoms with Gasteiger partial charge in [0.2, 0.25) is 0 Å². The molecule has 0 aliphatic rings. The van der Waals surface area contributed by atoms with E-state index in [1.165, 1.54) is 14.2 Å². The molecule has 0 fully saturated rings. The van der Waals surface area contributed by atoms with Crippen LogP contribution < -0.4 is 0 Å². The first-order valence-electron chi connectivity index (χ1n) is 5.68. The second-order valence-corrected chi connectivity index (χ2v) is 3.51. The van der Waals surface area contributed by atoms with Crippen LogP contribution in [0, 0.1) is 0 Å². The van der Waals surface area contributed by atoms with Crippen molar-refractivity contribution in [3.8, 4) is 0 Å². The highest BCUT2D eigenvalue weighted by Gasteiger charge is 2.17. The Kier molecular flexibility index (Phi) is 6.18. The zero-order valence-electron chi connectivity index (χ0n) is 10.8. The van der Waals surface area contributed by atoms with Gasteiger partial charge in [-0.25, -0.2) is 4.79 Å². The maximum atomic E-state index is 11.8. The highest BCUT2D eigenvalue weighted by Crippen LogP contribution is 2.16. The van der Waals surface area contributed by atoms with Crippen LogP contribution >= 0.6 is 0 Å². The molecule has 0 bridgehead atoms. The Morgan fingerprint density at radius 1 is 1.44 bits per heavy atom. The fourth-order valence-corrected chi connectivity index (χ4v) is 1.41. The molecule has 100 valence electrons. The van der Waals surface area contributed by atoms with Crippen molar-refractivity contribution in [2.45, 2.75) is 19.6 Å². The average molecular weight is 254 g/mol. The minimum atomic E-state index is -0.490. The third-order valence-corrected chi connectivity index (χ3v) is 2.31. The van der Waals surface area contributed by atoms with E-state index in [1.54, 1.807) is 31.4 Å². The first-order chi connectivity index (χ1) is 8.71. The SMILES string of the molecule is CCOC(=O)C(=Cc1ccco1)CC(OC)OC. The molecule has 0 atom stereocenters. The molecule has 0 N–H and O–H groups in total. The van der Waals surface area contributed by atoms with E-state index in [0.717, 1.165) is 0 Å². The van der Waals surface area contributed by atoms with Crippen molar-refractivity contribution < 1.29 is 23.4 Å². The summed E-state index contributed by atoms with van der Waals surface area (Å²) in [5, 5.41) is 0.